The van der Waals surface area contributed by atoms with Crippen molar-refractivity contribution in [1.82, 2.24) is 9.97 Å². The van der Waals surface area contributed by atoms with E-state index in [0.29, 0.717) is 11.7 Å². The molecule has 0 aromatic carbocycles. The fourth-order valence-corrected chi connectivity index (χ4v) is 1.98. The van der Waals surface area contributed by atoms with Crippen LogP contribution >= 0.6 is 11.3 Å². The number of nitrogens with two attached hydrogens (primary N) is 3. The maximum atomic E-state index is 5.53. The first-order chi connectivity index (χ1) is 8.19. The second-order valence-electron chi connectivity index (χ2n) is 3.27. The van der Waals surface area contributed by atoms with Crippen LogP contribution < -0.4 is 17.2 Å². The summed E-state index contributed by atoms with van der Waals surface area (Å²) in [4.78, 5) is 12.5. The summed E-state index contributed by atoms with van der Waals surface area (Å²) in [6.45, 7) is 0.402. The van der Waals surface area contributed by atoms with Gasteiger partial charge in [-0.1, -0.05) is 6.07 Å². The molecule has 7 heteroatoms. The van der Waals surface area contributed by atoms with Crippen LogP contribution in [0.2, 0.25) is 0 Å². The molecule has 0 bridgehead atoms. The Bertz CT molecular complexity index is 543. The zero-order valence-corrected chi connectivity index (χ0v) is 9.81. The van der Waals surface area contributed by atoms with Crippen molar-refractivity contribution < 1.29 is 0 Å². The van der Waals surface area contributed by atoms with Gasteiger partial charge in [0.2, 0.25) is 5.13 Å². The Kier molecular flexibility index (Phi) is 3.31. The van der Waals surface area contributed by atoms with Gasteiger partial charge in [0.05, 0.1) is 11.4 Å². The van der Waals surface area contributed by atoms with Gasteiger partial charge in [-0.3, -0.25) is 0 Å². The first kappa shape index (κ1) is 11.5. The molecule has 0 aliphatic heterocycles. The van der Waals surface area contributed by atoms with E-state index in [1.54, 1.807) is 0 Å². The monoisotopic (exact) mass is 248 g/mol. The van der Waals surface area contributed by atoms with E-state index in [2.05, 4.69) is 15.0 Å². The molecule has 0 spiro atoms. The lowest BCUT2D eigenvalue weighted by Crippen LogP contribution is -2.21. The largest absolute Gasteiger partial charge is 0.370 e. The van der Waals surface area contributed by atoms with Crippen molar-refractivity contribution in [3.05, 3.63) is 29.3 Å². The molecular weight excluding hydrogens is 236 g/mol. The van der Waals surface area contributed by atoms with E-state index < -0.39 is 0 Å². The zero-order chi connectivity index (χ0) is 12.3. The van der Waals surface area contributed by atoms with Crippen molar-refractivity contribution in [2.24, 2.45) is 22.2 Å². The molecule has 0 radical (unpaired) electrons. The Labute approximate surface area is 102 Å². The van der Waals surface area contributed by atoms with Crippen LogP contribution in [0.5, 0.6) is 0 Å². The standard InChI is InChI=1S/C10H12N6S/c11-4-6-2-1-3-7(14-6)8-5-17-10(15-8)16-9(12)13/h1-3,5H,4,11H2,(H4,12,13,15,16). The van der Waals surface area contributed by atoms with Crippen LogP contribution in [-0.4, -0.2) is 15.9 Å². The molecule has 0 atom stereocenters. The van der Waals surface area contributed by atoms with E-state index >= 15 is 0 Å². The van der Waals surface area contributed by atoms with Crippen LogP contribution in [0.25, 0.3) is 11.4 Å². The lowest BCUT2D eigenvalue weighted by Gasteiger charge is -1.98. The summed E-state index contributed by atoms with van der Waals surface area (Å²) in [6.07, 6.45) is 0. The molecule has 2 aromatic heterocycles. The van der Waals surface area contributed by atoms with Gasteiger partial charge in [0.25, 0.3) is 0 Å². The third-order valence-corrected chi connectivity index (χ3v) is 2.73. The number of nitrogens with zero attached hydrogens (tertiary/aromatic N) is 3. The quantitative estimate of drug-likeness (QED) is 0.542. The van der Waals surface area contributed by atoms with E-state index in [0.717, 1.165) is 17.1 Å². The predicted octanol–water partition coefficient (Wildman–Crippen LogP) is 0.569. The highest BCUT2D eigenvalue weighted by atomic mass is 32.1. The van der Waals surface area contributed by atoms with E-state index in [1.807, 2.05) is 23.6 Å². The molecule has 0 amide bonds. The van der Waals surface area contributed by atoms with Crippen LogP contribution in [0, 0.1) is 0 Å². The fraction of sp³-hybridized carbons (Fsp3) is 0.100. The molecular formula is C10H12N6S. The molecule has 0 saturated heterocycles. The van der Waals surface area contributed by atoms with Crippen LogP contribution in [0.3, 0.4) is 0 Å². The Morgan fingerprint density at radius 3 is 2.76 bits per heavy atom. The summed E-state index contributed by atoms with van der Waals surface area (Å²) in [5, 5.41) is 2.37. The number of hydrogen-bond donors (Lipinski definition) is 3. The number of aromatic nitrogens is 2. The maximum absolute atomic E-state index is 5.53. The second kappa shape index (κ2) is 4.89. The van der Waals surface area contributed by atoms with Gasteiger partial charge < -0.3 is 17.2 Å². The highest BCUT2D eigenvalue weighted by Gasteiger charge is 2.05. The van der Waals surface area contributed by atoms with Crippen LogP contribution in [0.15, 0.2) is 28.6 Å². The molecule has 6 N–H and O–H groups in total. The maximum Gasteiger partial charge on any atom is 0.212 e. The van der Waals surface area contributed by atoms with Crippen molar-refractivity contribution in [2.75, 3.05) is 0 Å². The number of pyridine rings is 1. The molecule has 2 rings (SSSR count). The topological polar surface area (TPSA) is 116 Å². The van der Waals surface area contributed by atoms with Crippen molar-refractivity contribution in [1.29, 1.82) is 0 Å². The molecule has 0 aliphatic carbocycles. The molecule has 0 fully saturated rings. The summed E-state index contributed by atoms with van der Waals surface area (Å²) in [7, 11) is 0. The predicted molar refractivity (Wildman–Crippen MR) is 68.7 cm³/mol. The minimum absolute atomic E-state index is 0.00503. The minimum Gasteiger partial charge on any atom is -0.370 e. The van der Waals surface area contributed by atoms with Crippen LogP contribution in [0.4, 0.5) is 5.13 Å². The Morgan fingerprint density at radius 2 is 2.06 bits per heavy atom. The van der Waals surface area contributed by atoms with E-state index in [9.17, 15) is 0 Å². The second-order valence-corrected chi connectivity index (χ2v) is 4.11. The highest BCUT2D eigenvalue weighted by Crippen LogP contribution is 2.25. The molecule has 2 heterocycles. The summed E-state index contributed by atoms with van der Waals surface area (Å²) < 4.78 is 0. The van der Waals surface area contributed by atoms with E-state index in [4.69, 9.17) is 17.2 Å². The van der Waals surface area contributed by atoms with Gasteiger partial charge in [-0.05, 0) is 12.1 Å². The van der Waals surface area contributed by atoms with Crippen molar-refractivity contribution in [2.45, 2.75) is 6.54 Å². The van der Waals surface area contributed by atoms with Crippen molar-refractivity contribution >= 4 is 22.4 Å². The summed E-state index contributed by atoms with van der Waals surface area (Å²) >= 11 is 1.36. The molecule has 0 aliphatic rings. The number of aliphatic imine (C=N–C) groups is 1. The average Bonchev–Trinajstić information content (AvgIpc) is 2.77. The Balaban J connectivity index is 2.33. The summed E-state index contributed by atoms with van der Waals surface area (Å²) in [6, 6.07) is 5.63. The summed E-state index contributed by atoms with van der Waals surface area (Å²) in [5.74, 6) is -0.00503. The Morgan fingerprint density at radius 1 is 1.24 bits per heavy atom. The van der Waals surface area contributed by atoms with Gasteiger partial charge in [-0.15, -0.1) is 11.3 Å². The molecule has 0 saturated carbocycles. The van der Waals surface area contributed by atoms with Gasteiger partial charge in [-0.2, -0.15) is 4.99 Å². The molecule has 0 unspecified atom stereocenters. The molecule has 6 nitrogen and oxygen atoms in total. The first-order valence-electron chi connectivity index (χ1n) is 4.90. The number of guanidine groups is 1. The fourth-order valence-electron chi connectivity index (χ4n) is 1.28. The molecule has 88 valence electrons. The van der Waals surface area contributed by atoms with Gasteiger partial charge >= 0.3 is 0 Å². The highest BCUT2D eigenvalue weighted by molar-refractivity contribution is 7.13. The molecule has 17 heavy (non-hydrogen) atoms. The van der Waals surface area contributed by atoms with Crippen molar-refractivity contribution in [3.63, 3.8) is 0 Å². The van der Waals surface area contributed by atoms with Crippen LogP contribution in [-0.2, 0) is 6.54 Å². The number of thiazole rings is 1. The van der Waals surface area contributed by atoms with E-state index in [-0.39, 0.29) is 5.96 Å². The van der Waals surface area contributed by atoms with Gasteiger partial charge in [-0.25, -0.2) is 9.97 Å². The van der Waals surface area contributed by atoms with E-state index in [1.165, 1.54) is 11.3 Å². The lowest BCUT2D eigenvalue weighted by atomic mass is 10.2. The van der Waals surface area contributed by atoms with Crippen molar-refractivity contribution in [3.8, 4) is 11.4 Å². The first-order valence-corrected chi connectivity index (χ1v) is 5.78. The average molecular weight is 248 g/mol. The normalized spacial score (nSPS) is 10.2. The SMILES string of the molecule is NCc1cccc(-c2csc(N=C(N)N)n2)n1. The third kappa shape index (κ3) is 2.77. The number of hydrogen-bond acceptors (Lipinski definition) is 5. The van der Waals surface area contributed by atoms with Crippen LogP contribution in [0.1, 0.15) is 5.69 Å². The Hall–Kier alpha value is -1.99. The zero-order valence-electron chi connectivity index (χ0n) is 9.00. The van der Waals surface area contributed by atoms with Gasteiger partial charge in [0, 0.05) is 11.9 Å². The summed E-state index contributed by atoms with van der Waals surface area (Å²) in [5.41, 5.74) is 18.4. The third-order valence-electron chi connectivity index (χ3n) is 2.00. The molecule has 2 aromatic rings. The smallest absolute Gasteiger partial charge is 0.212 e. The van der Waals surface area contributed by atoms with Gasteiger partial charge in [0.15, 0.2) is 5.96 Å². The number of rotatable bonds is 3. The van der Waals surface area contributed by atoms with Gasteiger partial charge in [0.1, 0.15) is 5.69 Å². The minimum atomic E-state index is -0.00503. The lowest BCUT2D eigenvalue weighted by molar-refractivity contribution is 0.991.